The Bertz CT molecular complexity index is 624. The molecule has 0 saturated carbocycles. The Morgan fingerprint density at radius 2 is 1.11 bits per heavy atom. The van der Waals surface area contributed by atoms with Crippen LogP contribution in [0.15, 0.2) is 12.2 Å². The van der Waals surface area contributed by atoms with E-state index in [0.29, 0.717) is 13.0 Å². The van der Waals surface area contributed by atoms with Gasteiger partial charge >= 0.3 is 11.9 Å². The van der Waals surface area contributed by atoms with E-state index in [4.69, 9.17) is 9.47 Å². The third kappa shape index (κ3) is 11.0. The number of carbonyl (C=O) groups excluding carboxylic acids is 2. The average Bonchev–Trinajstić information content (AvgIpc) is 2.87. The van der Waals surface area contributed by atoms with E-state index in [1.165, 1.54) is 126 Å². The van der Waals surface area contributed by atoms with Crippen molar-refractivity contribution in [2.24, 2.45) is 0 Å². The van der Waals surface area contributed by atoms with Gasteiger partial charge in [-0.15, -0.1) is 0 Å². The molecule has 0 unspecified atom stereocenters. The summed E-state index contributed by atoms with van der Waals surface area (Å²) in [5.74, 6) is -0.753. The van der Waals surface area contributed by atoms with E-state index in [1.54, 1.807) is 6.92 Å². The molecule has 2 bridgehead atoms. The Morgan fingerprint density at radius 3 is 1.60 bits per heavy atom. The standard InChI is InChI=1S/C29H54N2O4/c1-4-6-7-15-18-30-20-23-31(24-21-30,25-22-30)19-16-13-11-9-8-10-12-14-17-28(32)35-26-27(3)29(33)34-5-2/h3-26H2,1-2H3/q+2. The maximum absolute atomic E-state index is 11.8. The highest BCUT2D eigenvalue weighted by Crippen LogP contribution is 2.28. The first-order chi connectivity index (χ1) is 16.9. The van der Waals surface area contributed by atoms with Crippen molar-refractivity contribution in [2.75, 3.05) is 65.6 Å². The predicted octanol–water partition coefficient (Wildman–Crippen LogP) is 5.40. The van der Waals surface area contributed by atoms with Gasteiger partial charge in [-0.2, -0.15) is 0 Å². The van der Waals surface area contributed by atoms with E-state index < -0.39 is 5.97 Å². The zero-order valence-electron chi connectivity index (χ0n) is 23.0. The molecule has 6 heteroatoms. The second-order valence-electron chi connectivity index (χ2n) is 11.1. The van der Waals surface area contributed by atoms with Gasteiger partial charge < -0.3 is 18.4 Å². The molecule has 3 heterocycles. The first-order valence-corrected chi connectivity index (χ1v) is 14.6. The monoisotopic (exact) mass is 494 g/mol. The molecule has 202 valence electrons. The summed E-state index contributed by atoms with van der Waals surface area (Å²) in [6.45, 7) is 19.3. The number of fused-ring (bicyclic) bond motifs is 3. The lowest BCUT2D eigenvalue weighted by atomic mass is 10.0. The highest BCUT2D eigenvalue weighted by molar-refractivity contribution is 5.88. The summed E-state index contributed by atoms with van der Waals surface area (Å²) in [6, 6.07) is 0. The molecule has 0 aromatic carbocycles. The van der Waals surface area contributed by atoms with Crippen LogP contribution in [0.3, 0.4) is 0 Å². The number of piperazine rings is 3. The first-order valence-electron chi connectivity index (χ1n) is 14.6. The van der Waals surface area contributed by atoms with E-state index in [9.17, 15) is 9.59 Å². The molecule has 0 aromatic heterocycles. The maximum atomic E-state index is 11.8. The number of nitrogens with zero attached hydrogens (tertiary/aromatic N) is 2. The third-order valence-corrected chi connectivity index (χ3v) is 8.37. The zero-order chi connectivity index (χ0) is 25.4. The van der Waals surface area contributed by atoms with Crippen molar-refractivity contribution in [2.45, 2.75) is 97.3 Å². The Balaban J connectivity index is 1.41. The van der Waals surface area contributed by atoms with Crippen molar-refractivity contribution in [3.05, 3.63) is 12.2 Å². The molecule has 0 N–H and O–H groups in total. The molecular weight excluding hydrogens is 440 g/mol. The molecule has 3 fully saturated rings. The summed E-state index contributed by atoms with van der Waals surface area (Å²) in [7, 11) is 0. The Labute approximate surface area is 215 Å². The van der Waals surface area contributed by atoms with Crippen molar-refractivity contribution in [1.29, 1.82) is 0 Å². The van der Waals surface area contributed by atoms with Crippen molar-refractivity contribution in [3.63, 3.8) is 0 Å². The van der Waals surface area contributed by atoms with E-state index in [1.807, 2.05) is 0 Å². The van der Waals surface area contributed by atoms with E-state index >= 15 is 0 Å². The van der Waals surface area contributed by atoms with Gasteiger partial charge in [0, 0.05) is 6.42 Å². The van der Waals surface area contributed by atoms with Crippen LogP contribution in [0.5, 0.6) is 0 Å². The van der Waals surface area contributed by atoms with Crippen LogP contribution in [-0.4, -0.2) is 86.5 Å². The summed E-state index contributed by atoms with van der Waals surface area (Å²) >= 11 is 0. The van der Waals surface area contributed by atoms with Crippen LogP contribution >= 0.6 is 0 Å². The second-order valence-corrected chi connectivity index (χ2v) is 11.1. The number of unbranched alkanes of at least 4 members (excludes halogenated alkanes) is 10. The molecular formula is C29H54N2O4+2. The van der Waals surface area contributed by atoms with Gasteiger partial charge in [0.15, 0.2) is 0 Å². The number of quaternary nitrogens is 2. The van der Waals surface area contributed by atoms with Crippen LogP contribution in [-0.2, 0) is 19.1 Å². The van der Waals surface area contributed by atoms with Crippen LogP contribution < -0.4 is 0 Å². The van der Waals surface area contributed by atoms with Gasteiger partial charge in [-0.05, 0) is 39.0 Å². The number of hydrogen-bond donors (Lipinski definition) is 0. The minimum Gasteiger partial charge on any atom is -0.463 e. The fourth-order valence-corrected chi connectivity index (χ4v) is 5.80. The molecule has 6 nitrogen and oxygen atoms in total. The van der Waals surface area contributed by atoms with Crippen molar-refractivity contribution >= 4 is 11.9 Å². The molecule has 0 atom stereocenters. The second kappa shape index (κ2) is 16.4. The third-order valence-electron chi connectivity index (χ3n) is 8.37. The lowest BCUT2D eigenvalue weighted by Gasteiger charge is -2.55. The van der Waals surface area contributed by atoms with E-state index in [2.05, 4.69) is 13.5 Å². The lowest BCUT2D eigenvalue weighted by molar-refractivity contribution is -1.08. The zero-order valence-corrected chi connectivity index (χ0v) is 23.0. The van der Waals surface area contributed by atoms with Gasteiger partial charge in [0.1, 0.15) is 45.9 Å². The topological polar surface area (TPSA) is 52.6 Å². The smallest absolute Gasteiger partial charge is 0.336 e. The van der Waals surface area contributed by atoms with Crippen molar-refractivity contribution in [3.8, 4) is 0 Å². The van der Waals surface area contributed by atoms with Crippen molar-refractivity contribution in [1.82, 2.24) is 0 Å². The number of carbonyl (C=O) groups is 2. The Kier molecular flexibility index (Phi) is 13.9. The SMILES string of the molecule is C=C(COC(=O)CCCCCCCCCC[N+]12CC[N+](CCCCCC)(CC1)CC2)C(=O)OCC. The van der Waals surface area contributed by atoms with Gasteiger partial charge in [-0.25, -0.2) is 4.79 Å². The minimum absolute atomic E-state index is 0.0727. The van der Waals surface area contributed by atoms with E-state index in [-0.39, 0.29) is 18.1 Å². The maximum Gasteiger partial charge on any atom is 0.336 e. The molecule has 0 aliphatic carbocycles. The van der Waals surface area contributed by atoms with Crippen molar-refractivity contribution < 1.29 is 28.0 Å². The Hall–Kier alpha value is -1.40. The highest BCUT2D eigenvalue weighted by Gasteiger charge is 2.48. The fraction of sp³-hybridized carbons (Fsp3) is 0.862. The Morgan fingerprint density at radius 1 is 0.657 bits per heavy atom. The number of esters is 2. The molecule has 0 amide bonds. The van der Waals surface area contributed by atoms with E-state index in [0.717, 1.165) is 12.8 Å². The molecule has 0 spiro atoms. The summed E-state index contributed by atoms with van der Waals surface area (Å²) in [6.07, 6.45) is 15.8. The van der Waals surface area contributed by atoms with Crippen LogP contribution in [0.25, 0.3) is 0 Å². The average molecular weight is 495 g/mol. The number of rotatable bonds is 20. The summed E-state index contributed by atoms with van der Waals surface area (Å²) in [4.78, 5) is 23.2. The van der Waals surface area contributed by atoms with Crippen LogP contribution in [0.4, 0.5) is 0 Å². The number of hydrogen-bond acceptors (Lipinski definition) is 4. The van der Waals surface area contributed by atoms with Gasteiger partial charge in [-0.3, -0.25) is 4.79 Å². The molecule has 3 rings (SSSR count). The number of ether oxygens (including phenoxy) is 2. The minimum atomic E-state index is -0.495. The largest absolute Gasteiger partial charge is 0.463 e. The molecule has 35 heavy (non-hydrogen) atoms. The van der Waals surface area contributed by atoms with Gasteiger partial charge in [0.05, 0.1) is 25.3 Å². The van der Waals surface area contributed by atoms with Crippen LogP contribution in [0.2, 0.25) is 0 Å². The molecule has 3 aliphatic heterocycles. The normalized spacial score (nSPS) is 23.3. The highest BCUT2D eigenvalue weighted by atomic mass is 16.5. The fourth-order valence-electron chi connectivity index (χ4n) is 5.80. The molecule has 3 saturated heterocycles. The summed E-state index contributed by atoms with van der Waals surface area (Å²) in [5.41, 5.74) is 0.190. The lowest BCUT2D eigenvalue weighted by Crippen LogP contribution is -2.75. The van der Waals surface area contributed by atoms with Gasteiger partial charge in [0.25, 0.3) is 0 Å². The molecule has 0 aromatic rings. The first kappa shape index (κ1) is 29.8. The summed E-state index contributed by atoms with van der Waals surface area (Å²) < 4.78 is 12.8. The van der Waals surface area contributed by atoms with Gasteiger partial charge in [0.2, 0.25) is 0 Å². The molecule has 3 aliphatic rings. The van der Waals surface area contributed by atoms with Crippen LogP contribution in [0, 0.1) is 0 Å². The predicted molar refractivity (Wildman–Crippen MR) is 142 cm³/mol. The van der Waals surface area contributed by atoms with Gasteiger partial charge in [-0.1, -0.05) is 58.4 Å². The summed E-state index contributed by atoms with van der Waals surface area (Å²) in [5, 5.41) is 0. The quantitative estimate of drug-likeness (QED) is 0.0984. The molecule has 0 radical (unpaired) electrons. The van der Waals surface area contributed by atoms with Crippen LogP contribution in [0.1, 0.15) is 97.3 Å².